The molecule has 2 aromatic rings. The Hall–Kier alpha value is -1.78. The number of benzene rings is 1. The van der Waals surface area contributed by atoms with E-state index in [9.17, 15) is 4.79 Å². The van der Waals surface area contributed by atoms with E-state index in [0.717, 1.165) is 0 Å². The molecule has 18 heavy (non-hydrogen) atoms. The van der Waals surface area contributed by atoms with Gasteiger partial charge in [-0.3, -0.25) is 4.79 Å². The van der Waals surface area contributed by atoms with Gasteiger partial charge in [-0.2, -0.15) is 0 Å². The van der Waals surface area contributed by atoms with Crippen molar-refractivity contribution in [3.8, 4) is 0 Å². The first-order valence-corrected chi connectivity index (χ1v) is 5.80. The Balaban J connectivity index is 2.16. The van der Waals surface area contributed by atoms with Gasteiger partial charge in [0, 0.05) is 11.8 Å². The molecule has 0 unspecified atom stereocenters. The van der Waals surface area contributed by atoms with Crippen LogP contribution in [0.2, 0.25) is 10.0 Å². The zero-order chi connectivity index (χ0) is 13.1. The first-order chi connectivity index (χ1) is 8.56. The Morgan fingerprint density at radius 1 is 1.22 bits per heavy atom. The second kappa shape index (κ2) is 5.25. The molecule has 0 aliphatic heterocycles. The molecule has 92 valence electrons. The molecule has 0 saturated heterocycles. The van der Waals surface area contributed by atoms with Gasteiger partial charge in [0.05, 0.1) is 15.7 Å². The van der Waals surface area contributed by atoms with Crippen LogP contribution in [0.1, 0.15) is 10.4 Å². The lowest BCUT2D eigenvalue weighted by molar-refractivity contribution is 0.102. The number of carbonyl (C=O) groups excluding carboxylic acids is 1. The van der Waals surface area contributed by atoms with Crippen molar-refractivity contribution >= 4 is 40.6 Å². The second-order valence-electron chi connectivity index (χ2n) is 3.55. The minimum absolute atomic E-state index is 0.312. The normalized spacial score (nSPS) is 10.1. The summed E-state index contributed by atoms with van der Waals surface area (Å²) in [5.74, 6) is 0.103. The number of aromatic nitrogens is 1. The highest BCUT2D eigenvalue weighted by Gasteiger charge is 2.08. The third kappa shape index (κ3) is 2.91. The largest absolute Gasteiger partial charge is 0.398 e. The molecule has 1 amide bonds. The maximum Gasteiger partial charge on any atom is 0.256 e. The topological polar surface area (TPSA) is 68.0 Å². The van der Waals surface area contributed by atoms with Gasteiger partial charge in [-0.15, -0.1) is 0 Å². The Morgan fingerprint density at radius 3 is 2.61 bits per heavy atom. The fourth-order valence-electron chi connectivity index (χ4n) is 1.32. The summed E-state index contributed by atoms with van der Waals surface area (Å²) < 4.78 is 0. The molecule has 1 aromatic heterocycles. The van der Waals surface area contributed by atoms with E-state index in [4.69, 9.17) is 28.9 Å². The van der Waals surface area contributed by atoms with Gasteiger partial charge in [-0.05, 0) is 30.3 Å². The second-order valence-corrected chi connectivity index (χ2v) is 4.40. The average Bonchev–Trinajstić information content (AvgIpc) is 2.35. The van der Waals surface area contributed by atoms with Gasteiger partial charge in [0.25, 0.3) is 5.91 Å². The summed E-state index contributed by atoms with van der Waals surface area (Å²) >= 11 is 11.5. The fraction of sp³-hybridized carbons (Fsp3) is 0. The molecule has 0 saturated carbocycles. The first kappa shape index (κ1) is 12.7. The minimum atomic E-state index is -0.312. The summed E-state index contributed by atoms with van der Waals surface area (Å²) in [5.41, 5.74) is 6.39. The molecule has 0 atom stereocenters. The van der Waals surface area contributed by atoms with Gasteiger partial charge < -0.3 is 11.1 Å². The van der Waals surface area contributed by atoms with Gasteiger partial charge in [-0.25, -0.2) is 4.98 Å². The number of nitrogen functional groups attached to an aromatic ring is 1. The molecule has 0 aliphatic carbocycles. The highest BCUT2D eigenvalue weighted by Crippen LogP contribution is 2.20. The third-order valence-corrected chi connectivity index (χ3v) is 2.79. The van der Waals surface area contributed by atoms with E-state index < -0.39 is 0 Å². The summed E-state index contributed by atoms with van der Waals surface area (Å²) in [6, 6.07) is 7.92. The quantitative estimate of drug-likeness (QED) is 0.831. The number of pyridine rings is 1. The van der Waals surface area contributed by atoms with Crippen molar-refractivity contribution in [1.82, 2.24) is 4.98 Å². The zero-order valence-corrected chi connectivity index (χ0v) is 10.7. The zero-order valence-electron chi connectivity index (χ0n) is 9.15. The monoisotopic (exact) mass is 281 g/mol. The summed E-state index contributed by atoms with van der Waals surface area (Å²) in [7, 11) is 0. The molecule has 0 fully saturated rings. The number of hydrogen-bond donors (Lipinski definition) is 2. The van der Waals surface area contributed by atoms with Crippen LogP contribution < -0.4 is 11.1 Å². The number of rotatable bonds is 2. The highest BCUT2D eigenvalue weighted by atomic mass is 35.5. The molecule has 0 aliphatic rings. The maximum atomic E-state index is 11.9. The maximum absolute atomic E-state index is 11.9. The van der Waals surface area contributed by atoms with Crippen molar-refractivity contribution in [3.05, 3.63) is 52.1 Å². The van der Waals surface area contributed by atoms with Crippen LogP contribution in [0, 0.1) is 0 Å². The van der Waals surface area contributed by atoms with Gasteiger partial charge in [0.1, 0.15) is 5.82 Å². The van der Waals surface area contributed by atoms with E-state index >= 15 is 0 Å². The highest BCUT2D eigenvalue weighted by molar-refractivity contribution is 6.33. The third-order valence-electron chi connectivity index (χ3n) is 2.23. The van der Waals surface area contributed by atoms with Crippen molar-refractivity contribution in [2.24, 2.45) is 0 Å². The summed E-state index contributed by atoms with van der Waals surface area (Å²) in [5, 5.41) is 3.54. The molecule has 1 aromatic carbocycles. The molecule has 0 spiro atoms. The lowest BCUT2D eigenvalue weighted by Crippen LogP contribution is -2.13. The van der Waals surface area contributed by atoms with Gasteiger partial charge >= 0.3 is 0 Å². The SMILES string of the molecule is Nc1cc(C(=O)Nc2ccc(Cl)cn2)ccc1Cl. The standard InChI is InChI=1S/C12H9Cl2N3O/c13-8-2-4-11(16-6-8)17-12(18)7-1-3-9(14)10(15)5-7/h1-6H,15H2,(H,16,17,18). The van der Waals surface area contributed by atoms with Crippen molar-refractivity contribution in [1.29, 1.82) is 0 Å². The van der Waals surface area contributed by atoms with E-state index in [-0.39, 0.29) is 5.91 Å². The van der Waals surface area contributed by atoms with Gasteiger partial charge in [0.2, 0.25) is 0 Å². The summed E-state index contributed by atoms with van der Waals surface area (Å²) in [6.45, 7) is 0. The van der Waals surface area contributed by atoms with Crippen LogP contribution >= 0.6 is 23.2 Å². The Labute approximate surface area is 114 Å². The van der Waals surface area contributed by atoms with Crippen LogP contribution in [0.25, 0.3) is 0 Å². The Bertz CT molecular complexity index is 584. The average molecular weight is 282 g/mol. The number of amides is 1. The van der Waals surface area contributed by atoms with Crippen molar-refractivity contribution in [2.75, 3.05) is 11.1 Å². The lowest BCUT2D eigenvalue weighted by atomic mass is 10.2. The van der Waals surface area contributed by atoms with Gasteiger partial charge in [0.15, 0.2) is 0 Å². The molecule has 2 rings (SSSR count). The summed E-state index contributed by atoms with van der Waals surface area (Å²) in [4.78, 5) is 15.8. The lowest BCUT2D eigenvalue weighted by Gasteiger charge is -2.05. The number of nitrogens with two attached hydrogens (primary N) is 1. The van der Waals surface area contributed by atoms with Crippen molar-refractivity contribution in [2.45, 2.75) is 0 Å². The van der Waals surface area contributed by atoms with E-state index in [2.05, 4.69) is 10.3 Å². The Morgan fingerprint density at radius 2 is 2.00 bits per heavy atom. The predicted octanol–water partition coefficient (Wildman–Crippen LogP) is 3.22. The van der Waals surface area contributed by atoms with Crippen LogP contribution in [0.15, 0.2) is 36.5 Å². The first-order valence-electron chi connectivity index (χ1n) is 5.04. The van der Waals surface area contributed by atoms with Crippen LogP contribution in [0.3, 0.4) is 0 Å². The van der Waals surface area contributed by atoms with Crippen LogP contribution in [0.5, 0.6) is 0 Å². The molecule has 0 bridgehead atoms. The number of hydrogen-bond acceptors (Lipinski definition) is 3. The van der Waals surface area contributed by atoms with Crippen molar-refractivity contribution < 1.29 is 4.79 Å². The molecule has 3 N–H and O–H groups in total. The predicted molar refractivity (Wildman–Crippen MR) is 73.1 cm³/mol. The Kier molecular flexibility index (Phi) is 3.69. The van der Waals surface area contributed by atoms with E-state index in [1.807, 2.05) is 0 Å². The molecular weight excluding hydrogens is 273 g/mol. The molecular formula is C12H9Cl2N3O. The van der Waals surface area contributed by atoms with E-state index in [0.29, 0.717) is 27.1 Å². The van der Waals surface area contributed by atoms with E-state index in [1.165, 1.54) is 12.3 Å². The summed E-state index contributed by atoms with van der Waals surface area (Å²) in [6.07, 6.45) is 1.45. The van der Waals surface area contributed by atoms with Crippen LogP contribution in [-0.4, -0.2) is 10.9 Å². The minimum Gasteiger partial charge on any atom is -0.398 e. The van der Waals surface area contributed by atoms with Gasteiger partial charge in [-0.1, -0.05) is 23.2 Å². The van der Waals surface area contributed by atoms with Crippen LogP contribution in [0.4, 0.5) is 11.5 Å². The molecule has 0 radical (unpaired) electrons. The number of nitrogens with zero attached hydrogens (tertiary/aromatic N) is 1. The fourth-order valence-corrected chi connectivity index (χ4v) is 1.55. The number of halogens is 2. The number of nitrogens with one attached hydrogen (secondary N) is 1. The van der Waals surface area contributed by atoms with E-state index in [1.54, 1.807) is 24.3 Å². The molecule has 6 heteroatoms. The molecule has 4 nitrogen and oxygen atoms in total. The number of carbonyl (C=O) groups is 1. The van der Waals surface area contributed by atoms with Crippen LogP contribution in [-0.2, 0) is 0 Å². The van der Waals surface area contributed by atoms with Crippen molar-refractivity contribution in [3.63, 3.8) is 0 Å². The number of anilines is 2. The molecule has 1 heterocycles. The smallest absolute Gasteiger partial charge is 0.256 e.